The highest BCUT2D eigenvalue weighted by Gasteiger charge is 2.50. The summed E-state index contributed by atoms with van der Waals surface area (Å²) in [6.07, 6.45) is 1.07. The second-order valence-electron chi connectivity index (χ2n) is 8.56. The molecular weight excluding hydrogens is 360 g/mol. The molecular formula is C21H29ClN4O. The molecule has 2 aromatic rings. The molecule has 6 heteroatoms. The van der Waals surface area contributed by atoms with Crippen molar-refractivity contribution in [2.75, 3.05) is 25.5 Å². The van der Waals surface area contributed by atoms with Crippen LogP contribution in [0.5, 0.6) is 5.75 Å². The number of piperidine rings is 1. The van der Waals surface area contributed by atoms with Crippen LogP contribution >= 0.6 is 11.6 Å². The quantitative estimate of drug-likeness (QED) is 0.841. The summed E-state index contributed by atoms with van der Waals surface area (Å²) in [7, 11) is 4.29. The average Bonchev–Trinajstić information content (AvgIpc) is 2.60. The number of benzene rings is 1. The Morgan fingerprint density at radius 2 is 1.85 bits per heavy atom. The van der Waals surface area contributed by atoms with Gasteiger partial charge in [0.05, 0.1) is 5.69 Å². The van der Waals surface area contributed by atoms with Gasteiger partial charge < -0.3 is 14.9 Å². The molecule has 5 nitrogen and oxygen atoms in total. The number of nitrogens with zero attached hydrogens (tertiary/aromatic N) is 4. The van der Waals surface area contributed by atoms with Crippen LogP contribution in [0, 0.1) is 5.41 Å². The van der Waals surface area contributed by atoms with E-state index in [1.165, 1.54) is 6.07 Å². The molecule has 1 fully saturated rings. The molecule has 1 saturated heterocycles. The van der Waals surface area contributed by atoms with E-state index >= 15 is 0 Å². The zero-order valence-corrected chi connectivity index (χ0v) is 17.7. The van der Waals surface area contributed by atoms with Crippen molar-refractivity contribution in [2.24, 2.45) is 5.41 Å². The summed E-state index contributed by atoms with van der Waals surface area (Å²) >= 11 is 5.91. The summed E-state index contributed by atoms with van der Waals surface area (Å²) < 4.78 is 0. The third kappa shape index (κ3) is 3.39. The lowest BCUT2D eigenvalue weighted by Gasteiger charge is -2.58. The largest absolute Gasteiger partial charge is 0.507 e. The number of phenolic OH excluding ortho intramolecular Hbond substituents is 1. The number of anilines is 1. The van der Waals surface area contributed by atoms with Gasteiger partial charge in [0, 0.05) is 41.2 Å². The van der Waals surface area contributed by atoms with Gasteiger partial charge >= 0.3 is 0 Å². The number of hydrogen-bond donors (Lipinski definition) is 1. The third-order valence-electron chi connectivity index (χ3n) is 6.82. The van der Waals surface area contributed by atoms with E-state index in [2.05, 4.69) is 61.8 Å². The van der Waals surface area contributed by atoms with Crippen molar-refractivity contribution in [3.8, 4) is 17.0 Å². The van der Waals surface area contributed by atoms with Crippen molar-refractivity contribution in [1.29, 1.82) is 0 Å². The van der Waals surface area contributed by atoms with Gasteiger partial charge in [-0.3, -0.25) is 0 Å². The Hall–Kier alpha value is -1.85. The highest BCUT2D eigenvalue weighted by atomic mass is 35.5. The molecule has 0 saturated carbocycles. The molecule has 0 spiro atoms. The fraction of sp³-hybridized carbons (Fsp3) is 0.524. The Kier molecular flexibility index (Phi) is 5.12. The Morgan fingerprint density at radius 1 is 1.15 bits per heavy atom. The van der Waals surface area contributed by atoms with Crippen molar-refractivity contribution in [3.63, 3.8) is 0 Å². The molecule has 0 amide bonds. The maximum Gasteiger partial charge on any atom is 0.151 e. The van der Waals surface area contributed by atoms with Gasteiger partial charge in [-0.2, -0.15) is 0 Å². The van der Waals surface area contributed by atoms with Crippen LogP contribution in [0.2, 0.25) is 5.02 Å². The van der Waals surface area contributed by atoms with E-state index in [0.717, 1.165) is 18.8 Å². The molecule has 1 atom stereocenters. The molecule has 1 N–H and O–H groups in total. The van der Waals surface area contributed by atoms with E-state index in [1.54, 1.807) is 12.1 Å². The maximum absolute atomic E-state index is 10.1. The fourth-order valence-electron chi connectivity index (χ4n) is 4.07. The summed E-state index contributed by atoms with van der Waals surface area (Å²) in [6.45, 7) is 10.3. The van der Waals surface area contributed by atoms with Gasteiger partial charge in [0.15, 0.2) is 5.82 Å². The smallest absolute Gasteiger partial charge is 0.151 e. The minimum atomic E-state index is 0.0730. The molecule has 1 aromatic carbocycles. The van der Waals surface area contributed by atoms with Crippen LogP contribution in [-0.4, -0.2) is 52.4 Å². The van der Waals surface area contributed by atoms with Crippen molar-refractivity contribution < 1.29 is 5.11 Å². The van der Waals surface area contributed by atoms with E-state index < -0.39 is 0 Å². The predicted molar refractivity (Wildman–Crippen MR) is 111 cm³/mol. The first kappa shape index (κ1) is 19.9. The predicted octanol–water partition coefficient (Wildman–Crippen LogP) is 4.45. The van der Waals surface area contributed by atoms with Crippen LogP contribution in [0.3, 0.4) is 0 Å². The lowest BCUT2D eigenvalue weighted by Crippen LogP contribution is -2.65. The first-order valence-electron chi connectivity index (χ1n) is 9.32. The van der Waals surface area contributed by atoms with Crippen molar-refractivity contribution >= 4 is 17.4 Å². The Balaban J connectivity index is 1.87. The molecule has 1 aromatic heterocycles. The monoisotopic (exact) mass is 388 g/mol. The van der Waals surface area contributed by atoms with E-state index in [9.17, 15) is 5.11 Å². The molecule has 1 aliphatic rings. The molecule has 146 valence electrons. The van der Waals surface area contributed by atoms with Gasteiger partial charge in [-0.1, -0.05) is 25.4 Å². The Labute approximate surface area is 167 Å². The van der Waals surface area contributed by atoms with Crippen molar-refractivity contribution in [1.82, 2.24) is 15.1 Å². The van der Waals surface area contributed by atoms with Gasteiger partial charge in [0.25, 0.3) is 0 Å². The number of aromatic nitrogens is 2. The molecule has 3 rings (SSSR count). The zero-order valence-electron chi connectivity index (χ0n) is 17.0. The van der Waals surface area contributed by atoms with Gasteiger partial charge in [0.2, 0.25) is 0 Å². The average molecular weight is 389 g/mol. The first-order chi connectivity index (χ1) is 12.6. The highest BCUT2D eigenvalue weighted by Crippen LogP contribution is 2.45. The van der Waals surface area contributed by atoms with Gasteiger partial charge in [-0.15, -0.1) is 10.2 Å². The van der Waals surface area contributed by atoms with Crippen molar-refractivity contribution in [2.45, 2.75) is 45.7 Å². The lowest BCUT2D eigenvalue weighted by atomic mass is 9.64. The Morgan fingerprint density at radius 3 is 2.44 bits per heavy atom. The summed E-state index contributed by atoms with van der Waals surface area (Å²) in [5, 5.41) is 19.4. The molecule has 0 bridgehead atoms. The number of aromatic hydroxyl groups is 1. The number of halogens is 1. The van der Waals surface area contributed by atoms with Gasteiger partial charge in [-0.05, 0) is 57.6 Å². The van der Waals surface area contributed by atoms with Crippen LogP contribution < -0.4 is 4.90 Å². The van der Waals surface area contributed by atoms with Crippen LogP contribution in [-0.2, 0) is 0 Å². The van der Waals surface area contributed by atoms with Gasteiger partial charge in [-0.25, -0.2) is 0 Å². The fourth-order valence-corrected chi connectivity index (χ4v) is 4.24. The molecule has 0 radical (unpaired) electrons. The normalized spacial score (nSPS) is 21.8. The molecule has 2 heterocycles. The molecule has 0 aliphatic carbocycles. The number of hydrogen-bond acceptors (Lipinski definition) is 5. The number of rotatable bonds is 3. The van der Waals surface area contributed by atoms with Crippen LogP contribution in [0.1, 0.15) is 34.1 Å². The number of likely N-dealkylation sites (tertiary alicyclic amines) is 1. The SMILES string of the molecule is CN(c1ccc(-c2ccc(Cl)cc2O)nn1)C1CCN(C)C(C)(C)C1(C)C. The third-order valence-corrected chi connectivity index (χ3v) is 7.05. The van der Waals surface area contributed by atoms with E-state index in [4.69, 9.17) is 11.6 Å². The second-order valence-corrected chi connectivity index (χ2v) is 8.99. The summed E-state index contributed by atoms with van der Waals surface area (Å²) in [4.78, 5) is 4.68. The summed E-state index contributed by atoms with van der Waals surface area (Å²) in [5.74, 6) is 0.946. The topological polar surface area (TPSA) is 52.5 Å². The van der Waals surface area contributed by atoms with E-state index in [0.29, 0.717) is 22.3 Å². The molecule has 1 aliphatic heterocycles. The minimum absolute atomic E-state index is 0.0730. The van der Waals surface area contributed by atoms with E-state index in [-0.39, 0.29) is 16.7 Å². The standard InChI is InChI=1S/C21H29ClN4O/c1-20(2)18(11-12-25(5)21(20,3)4)26(6)19-10-9-16(23-24-19)15-8-7-14(22)13-17(15)27/h7-10,13,18,27H,11-12H2,1-6H3. The van der Waals surface area contributed by atoms with E-state index in [1.807, 2.05) is 12.1 Å². The zero-order chi connectivity index (χ0) is 20.0. The lowest BCUT2D eigenvalue weighted by molar-refractivity contribution is -0.0287. The first-order valence-corrected chi connectivity index (χ1v) is 9.70. The minimum Gasteiger partial charge on any atom is -0.507 e. The van der Waals surface area contributed by atoms with Crippen LogP contribution in [0.15, 0.2) is 30.3 Å². The summed E-state index contributed by atoms with van der Waals surface area (Å²) in [6, 6.07) is 9.23. The maximum atomic E-state index is 10.1. The highest BCUT2D eigenvalue weighted by molar-refractivity contribution is 6.30. The number of phenols is 1. The second kappa shape index (κ2) is 6.95. The molecule has 27 heavy (non-hydrogen) atoms. The Bertz CT molecular complexity index is 819. The van der Waals surface area contributed by atoms with Crippen LogP contribution in [0.25, 0.3) is 11.3 Å². The molecule has 1 unspecified atom stereocenters. The van der Waals surface area contributed by atoms with Crippen molar-refractivity contribution in [3.05, 3.63) is 35.4 Å². The van der Waals surface area contributed by atoms with Crippen LogP contribution in [0.4, 0.5) is 5.82 Å². The van der Waals surface area contributed by atoms with Gasteiger partial charge in [0.1, 0.15) is 5.75 Å². The summed E-state index contributed by atoms with van der Waals surface area (Å²) in [5.41, 5.74) is 1.40.